The number of aromatic nitrogens is 1. The second-order valence-electron chi connectivity index (χ2n) is 6.36. The second kappa shape index (κ2) is 6.53. The van der Waals surface area contributed by atoms with Gasteiger partial charge < -0.3 is 19.3 Å². The molecular formula is C16H21ClN2O4. The molecule has 0 aliphatic carbocycles. The van der Waals surface area contributed by atoms with Crippen molar-refractivity contribution in [3.05, 3.63) is 23.0 Å². The lowest BCUT2D eigenvalue weighted by Crippen LogP contribution is -2.42. The Morgan fingerprint density at radius 1 is 1.26 bits per heavy atom. The maximum absolute atomic E-state index is 12.5. The fraction of sp³-hybridized carbons (Fsp3) is 0.625. The number of nitrogens with zero attached hydrogens (tertiary/aromatic N) is 2. The van der Waals surface area contributed by atoms with Crippen molar-refractivity contribution in [1.82, 2.24) is 9.47 Å². The first kappa shape index (κ1) is 16.3. The van der Waals surface area contributed by atoms with Gasteiger partial charge in [-0.25, -0.2) is 4.79 Å². The fourth-order valence-corrected chi connectivity index (χ4v) is 3.81. The summed E-state index contributed by atoms with van der Waals surface area (Å²) in [7, 11) is 1.81. The molecule has 2 aliphatic rings. The van der Waals surface area contributed by atoms with E-state index < -0.39 is 12.1 Å². The molecular weight excluding hydrogens is 320 g/mol. The molecule has 1 aromatic heterocycles. The number of hydrogen-bond donors (Lipinski definition) is 1. The second-order valence-corrected chi connectivity index (χ2v) is 6.80. The molecule has 0 saturated carbocycles. The van der Waals surface area contributed by atoms with Crippen LogP contribution in [0.1, 0.15) is 36.2 Å². The molecule has 0 spiro atoms. The maximum atomic E-state index is 12.5. The average molecular weight is 341 g/mol. The smallest absolute Gasteiger partial charge is 0.332 e. The lowest BCUT2D eigenvalue weighted by molar-refractivity contribution is -0.150. The number of rotatable bonds is 3. The molecule has 6 nitrogen and oxygen atoms in total. The monoisotopic (exact) mass is 340 g/mol. The molecule has 1 aromatic rings. The SMILES string of the molecule is Cn1cc(Cl)cc1C(=O)N1CCC([C@@H]2CC[C@H](C(=O)O)O2)CC1. The van der Waals surface area contributed by atoms with E-state index in [1.807, 2.05) is 11.9 Å². The summed E-state index contributed by atoms with van der Waals surface area (Å²) >= 11 is 5.94. The summed E-state index contributed by atoms with van der Waals surface area (Å²) in [6.45, 7) is 1.34. The largest absolute Gasteiger partial charge is 0.479 e. The standard InChI is InChI=1S/C16H21ClN2O4/c1-18-9-11(17)8-12(18)15(20)19-6-4-10(5-7-19)13-2-3-14(23-13)16(21)22/h8-10,13-14H,2-7H2,1H3,(H,21,22)/t13-,14+/m0/s1. The van der Waals surface area contributed by atoms with Crippen molar-refractivity contribution < 1.29 is 19.4 Å². The number of likely N-dealkylation sites (tertiary alicyclic amines) is 1. The van der Waals surface area contributed by atoms with Gasteiger partial charge in [0.15, 0.2) is 6.10 Å². The Kier molecular flexibility index (Phi) is 4.64. The van der Waals surface area contributed by atoms with Crippen LogP contribution in [0.15, 0.2) is 12.3 Å². The van der Waals surface area contributed by atoms with Gasteiger partial charge in [-0.2, -0.15) is 0 Å². The number of ether oxygens (including phenoxy) is 1. The summed E-state index contributed by atoms with van der Waals surface area (Å²) in [6.07, 6.45) is 4.15. The molecule has 7 heteroatoms. The third-order valence-corrected chi connectivity index (χ3v) is 5.08. The molecule has 3 rings (SSSR count). The Morgan fingerprint density at radius 2 is 1.96 bits per heavy atom. The number of carbonyl (C=O) groups excluding carboxylic acids is 1. The van der Waals surface area contributed by atoms with Gasteiger partial charge in [0.2, 0.25) is 0 Å². The maximum Gasteiger partial charge on any atom is 0.332 e. The molecule has 0 unspecified atom stereocenters. The summed E-state index contributed by atoms with van der Waals surface area (Å²) in [4.78, 5) is 25.4. The van der Waals surface area contributed by atoms with Crippen molar-refractivity contribution >= 4 is 23.5 Å². The van der Waals surface area contributed by atoms with E-state index in [1.165, 1.54) is 0 Å². The van der Waals surface area contributed by atoms with E-state index in [-0.39, 0.29) is 12.0 Å². The Labute approximate surface area is 140 Å². The van der Waals surface area contributed by atoms with E-state index in [0.717, 1.165) is 19.3 Å². The predicted molar refractivity (Wildman–Crippen MR) is 84.6 cm³/mol. The van der Waals surface area contributed by atoms with Gasteiger partial charge >= 0.3 is 5.97 Å². The minimum absolute atomic E-state index is 0.00592. The van der Waals surface area contributed by atoms with Gasteiger partial charge in [0, 0.05) is 26.3 Å². The minimum atomic E-state index is -0.874. The van der Waals surface area contributed by atoms with Gasteiger partial charge in [-0.05, 0) is 37.7 Å². The Bertz CT molecular complexity index is 607. The Balaban J connectivity index is 1.55. The minimum Gasteiger partial charge on any atom is -0.479 e. The number of aryl methyl sites for hydroxylation is 1. The first-order chi connectivity index (χ1) is 11.0. The van der Waals surface area contributed by atoms with E-state index in [1.54, 1.807) is 16.8 Å². The molecule has 0 bridgehead atoms. The van der Waals surface area contributed by atoms with E-state index >= 15 is 0 Å². The fourth-order valence-electron chi connectivity index (χ4n) is 3.56. The van der Waals surface area contributed by atoms with Crippen LogP contribution in [0, 0.1) is 5.92 Å². The van der Waals surface area contributed by atoms with E-state index in [4.69, 9.17) is 21.4 Å². The zero-order valence-corrected chi connectivity index (χ0v) is 13.8. The van der Waals surface area contributed by atoms with E-state index in [2.05, 4.69) is 0 Å². The van der Waals surface area contributed by atoms with E-state index in [0.29, 0.717) is 36.1 Å². The van der Waals surface area contributed by atoms with Crippen LogP contribution in [-0.4, -0.2) is 51.7 Å². The molecule has 2 atom stereocenters. The third-order valence-electron chi connectivity index (χ3n) is 4.87. The van der Waals surface area contributed by atoms with Crippen LogP contribution < -0.4 is 0 Å². The Hall–Kier alpha value is -1.53. The summed E-state index contributed by atoms with van der Waals surface area (Å²) in [5.74, 6) is -0.547. The van der Waals surface area contributed by atoms with Crippen LogP contribution >= 0.6 is 11.6 Å². The molecule has 23 heavy (non-hydrogen) atoms. The highest BCUT2D eigenvalue weighted by atomic mass is 35.5. The van der Waals surface area contributed by atoms with Crippen molar-refractivity contribution in [2.45, 2.75) is 37.9 Å². The number of halogens is 1. The van der Waals surface area contributed by atoms with Crippen molar-refractivity contribution in [2.24, 2.45) is 13.0 Å². The van der Waals surface area contributed by atoms with Crippen molar-refractivity contribution in [1.29, 1.82) is 0 Å². The van der Waals surface area contributed by atoms with E-state index in [9.17, 15) is 9.59 Å². The van der Waals surface area contributed by atoms with Crippen LogP contribution in [0.4, 0.5) is 0 Å². The molecule has 1 amide bonds. The van der Waals surface area contributed by atoms with Gasteiger partial charge in [-0.15, -0.1) is 0 Å². The van der Waals surface area contributed by atoms with Crippen LogP contribution in [-0.2, 0) is 16.6 Å². The summed E-state index contributed by atoms with van der Waals surface area (Å²) in [5, 5.41) is 9.57. The topological polar surface area (TPSA) is 71.8 Å². The molecule has 0 aromatic carbocycles. The summed E-state index contributed by atoms with van der Waals surface area (Å²) in [6, 6.07) is 1.69. The number of aliphatic carboxylic acids is 1. The van der Waals surface area contributed by atoms with Gasteiger partial charge in [0.25, 0.3) is 5.91 Å². The van der Waals surface area contributed by atoms with Gasteiger partial charge in [-0.1, -0.05) is 11.6 Å². The van der Waals surface area contributed by atoms with Crippen molar-refractivity contribution in [2.75, 3.05) is 13.1 Å². The van der Waals surface area contributed by atoms with Crippen molar-refractivity contribution in [3.8, 4) is 0 Å². The van der Waals surface area contributed by atoms with Crippen LogP contribution in [0.3, 0.4) is 0 Å². The van der Waals surface area contributed by atoms with Gasteiger partial charge in [-0.3, -0.25) is 4.79 Å². The van der Waals surface area contributed by atoms with Crippen molar-refractivity contribution in [3.63, 3.8) is 0 Å². The molecule has 126 valence electrons. The normalized spacial score (nSPS) is 25.7. The number of hydrogen-bond acceptors (Lipinski definition) is 3. The summed E-state index contributed by atoms with van der Waals surface area (Å²) in [5.41, 5.74) is 0.594. The third kappa shape index (κ3) is 3.38. The highest BCUT2D eigenvalue weighted by Crippen LogP contribution is 2.32. The first-order valence-electron chi connectivity index (χ1n) is 7.95. The zero-order chi connectivity index (χ0) is 16.6. The van der Waals surface area contributed by atoms with Gasteiger partial charge in [0.05, 0.1) is 11.1 Å². The lowest BCUT2D eigenvalue weighted by Gasteiger charge is -2.34. The quantitative estimate of drug-likeness (QED) is 0.915. The number of amides is 1. The molecule has 3 heterocycles. The average Bonchev–Trinajstić information content (AvgIpc) is 3.13. The summed E-state index contributed by atoms with van der Waals surface area (Å²) < 4.78 is 7.38. The Morgan fingerprint density at radius 3 is 2.48 bits per heavy atom. The lowest BCUT2D eigenvalue weighted by atomic mass is 9.89. The first-order valence-corrected chi connectivity index (χ1v) is 8.33. The van der Waals surface area contributed by atoms with Crippen LogP contribution in [0.2, 0.25) is 5.02 Å². The predicted octanol–water partition coefficient (Wildman–Crippen LogP) is 2.16. The molecule has 1 N–H and O–H groups in total. The van der Waals surface area contributed by atoms with Crippen LogP contribution in [0.5, 0.6) is 0 Å². The molecule has 2 saturated heterocycles. The molecule has 2 aliphatic heterocycles. The number of piperidine rings is 1. The number of carbonyl (C=O) groups is 2. The number of carboxylic acid groups (broad SMARTS) is 1. The molecule has 2 fully saturated rings. The highest BCUT2D eigenvalue weighted by Gasteiger charge is 2.37. The number of carboxylic acids is 1. The van der Waals surface area contributed by atoms with Gasteiger partial charge in [0.1, 0.15) is 5.69 Å². The highest BCUT2D eigenvalue weighted by molar-refractivity contribution is 6.31. The zero-order valence-electron chi connectivity index (χ0n) is 13.1. The molecule has 0 radical (unpaired) electrons. The van der Waals surface area contributed by atoms with Crippen LogP contribution in [0.25, 0.3) is 0 Å².